The minimum atomic E-state index is 0.0285. The molecule has 1 heteroatoms. The van der Waals surface area contributed by atoms with E-state index in [2.05, 4.69) is 36.5 Å². The predicted molar refractivity (Wildman–Crippen MR) is 85.2 cm³/mol. The Kier molecular flexibility index (Phi) is 3.11. The molecular weight excluding hydrogens is 244 g/mol. The van der Waals surface area contributed by atoms with E-state index in [1.165, 1.54) is 38.5 Å². The average molecular weight is 268 g/mol. The minimum absolute atomic E-state index is 0.0285. The summed E-state index contributed by atoms with van der Waals surface area (Å²) in [7, 11) is 0.0285. The van der Waals surface area contributed by atoms with Crippen LogP contribution in [0.5, 0.6) is 0 Å². The molecular formula is C18H24Si. The van der Waals surface area contributed by atoms with Gasteiger partial charge in [0, 0.05) is 9.52 Å². The summed E-state index contributed by atoms with van der Waals surface area (Å²) in [5.41, 5.74) is 5.77. The van der Waals surface area contributed by atoms with E-state index in [4.69, 9.17) is 0 Å². The average Bonchev–Trinajstić information content (AvgIpc) is 3.05. The van der Waals surface area contributed by atoms with Crippen molar-refractivity contribution in [1.29, 1.82) is 0 Å². The molecule has 4 atom stereocenters. The second-order valence-corrected chi connectivity index (χ2v) is 9.28. The monoisotopic (exact) mass is 268 g/mol. The predicted octanol–water partition coefficient (Wildman–Crippen LogP) is 4.32. The maximum atomic E-state index is 2.47. The first-order chi connectivity index (χ1) is 9.42. The topological polar surface area (TPSA) is 0 Å². The first-order valence-corrected chi connectivity index (χ1v) is 9.78. The van der Waals surface area contributed by atoms with Gasteiger partial charge in [-0.1, -0.05) is 47.6 Å². The van der Waals surface area contributed by atoms with E-state index in [9.17, 15) is 0 Å². The van der Waals surface area contributed by atoms with Crippen LogP contribution in [-0.2, 0) is 0 Å². The van der Waals surface area contributed by atoms with Gasteiger partial charge >= 0.3 is 0 Å². The van der Waals surface area contributed by atoms with Crippen molar-refractivity contribution in [2.24, 2.45) is 11.8 Å². The summed E-state index contributed by atoms with van der Waals surface area (Å²) in [5.74, 6) is 1.86. The highest BCUT2D eigenvalue weighted by molar-refractivity contribution is 6.42. The van der Waals surface area contributed by atoms with Gasteiger partial charge in [-0.2, -0.15) is 0 Å². The molecule has 4 rings (SSSR count). The molecule has 4 aliphatic rings. The fourth-order valence-electron chi connectivity index (χ4n) is 4.89. The van der Waals surface area contributed by atoms with Crippen LogP contribution in [0.1, 0.15) is 38.5 Å². The van der Waals surface area contributed by atoms with Gasteiger partial charge in [0.15, 0.2) is 0 Å². The third kappa shape index (κ3) is 2.12. The van der Waals surface area contributed by atoms with E-state index in [0.717, 1.165) is 22.9 Å². The fourth-order valence-corrected chi connectivity index (χ4v) is 8.00. The summed E-state index contributed by atoms with van der Waals surface area (Å²) in [6, 6.07) is 0. The lowest BCUT2D eigenvalue weighted by atomic mass is 9.94. The van der Waals surface area contributed by atoms with Crippen molar-refractivity contribution < 1.29 is 0 Å². The zero-order valence-corrected chi connectivity index (χ0v) is 13.1. The Bertz CT molecular complexity index is 436. The van der Waals surface area contributed by atoms with Crippen molar-refractivity contribution in [2.45, 2.75) is 49.6 Å². The summed E-state index contributed by atoms with van der Waals surface area (Å²) in [4.78, 5) is 0. The first-order valence-electron chi connectivity index (χ1n) is 8.15. The van der Waals surface area contributed by atoms with E-state index in [-0.39, 0.29) is 9.52 Å². The van der Waals surface area contributed by atoms with Crippen molar-refractivity contribution >= 4 is 9.52 Å². The first kappa shape index (κ1) is 12.0. The van der Waals surface area contributed by atoms with Crippen molar-refractivity contribution in [3.8, 4) is 0 Å². The molecule has 100 valence electrons. The maximum absolute atomic E-state index is 2.47. The molecule has 2 fully saturated rings. The van der Waals surface area contributed by atoms with Gasteiger partial charge in [0.1, 0.15) is 0 Å². The van der Waals surface area contributed by atoms with Crippen LogP contribution >= 0.6 is 0 Å². The summed E-state index contributed by atoms with van der Waals surface area (Å²) >= 11 is 0. The van der Waals surface area contributed by atoms with Gasteiger partial charge in [-0.3, -0.25) is 0 Å². The van der Waals surface area contributed by atoms with E-state index in [0.29, 0.717) is 0 Å². The molecule has 0 spiro atoms. The van der Waals surface area contributed by atoms with Crippen molar-refractivity contribution in [3.05, 3.63) is 47.6 Å². The lowest BCUT2D eigenvalue weighted by Gasteiger charge is -2.23. The molecule has 0 amide bonds. The zero-order valence-electron chi connectivity index (χ0n) is 11.7. The Morgan fingerprint density at radius 2 is 1.26 bits per heavy atom. The Morgan fingerprint density at radius 3 is 1.79 bits per heavy atom. The fraction of sp³-hybridized carbons (Fsp3) is 0.556. The van der Waals surface area contributed by atoms with Crippen LogP contribution in [0, 0.1) is 11.8 Å². The largest absolute Gasteiger partial charge is 0.0839 e. The molecule has 0 aromatic rings. The number of hydrogen-bond donors (Lipinski definition) is 0. The van der Waals surface area contributed by atoms with Gasteiger partial charge in [-0.05, 0) is 61.4 Å². The summed E-state index contributed by atoms with van der Waals surface area (Å²) in [5, 5.41) is 0. The Hall–Kier alpha value is -0.823. The van der Waals surface area contributed by atoms with E-state index in [1.54, 1.807) is 0 Å². The number of rotatable bonds is 2. The van der Waals surface area contributed by atoms with Crippen LogP contribution in [0.2, 0.25) is 11.1 Å². The maximum Gasteiger partial charge on any atom is 0.0365 e. The normalized spacial score (nSPS) is 40.4. The van der Waals surface area contributed by atoms with E-state index in [1.807, 2.05) is 11.1 Å². The Labute approximate surface area is 119 Å². The molecule has 4 aliphatic carbocycles. The van der Waals surface area contributed by atoms with E-state index < -0.39 is 0 Å². The quantitative estimate of drug-likeness (QED) is 0.654. The summed E-state index contributed by atoms with van der Waals surface area (Å²) < 4.78 is 0. The lowest BCUT2D eigenvalue weighted by Crippen LogP contribution is -2.13. The second kappa shape index (κ2) is 4.94. The highest BCUT2D eigenvalue weighted by atomic mass is 28.2. The number of hydrogen-bond acceptors (Lipinski definition) is 0. The molecule has 0 bridgehead atoms. The highest BCUT2D eigenvalue weighted by Gasteiger charge is 2.36. The minimum Gasteiger partial charge on any atom is -0.0839 e. The summed E-state index contributed by atoms with van der Waals surface area (Å²) in [6.07, 6.45) is 23.0. The Morgan fingerprint density at radius 1 is 0.737 bits per heavy atom. The van der Waals surface area contributed by atoms with Crippen LogP contribution in [-0.4, -0.2) is 9.52 Å². The van der Waals surface area contributed by atoms with Crippen LogP contribution in [0.3, 0.4) is 0 Å². The molecule has 19 heavy (non-hydrogen) atoms. The molecule has 0 aromatic carbocycles. The van der Waals surface area contributed by atoms with Gasteiger partial charge in [-0.25, -0.2) is 0 Å². The van der Waals surface area contributed by atoms with Gasteiger partial charge in [-0.15, -0.1) is 0 Å². The van der Waals surface area contributed by atoms with Crippen molar-refractivity contribution in [2.75, 3.05) is 0 Å². The summed E-state index contributed by atoms with van der Waals surface area (Å²) in [6.45, 7) is 0. The van der Waals surface area contributed by atoms with Crippen molar-refractivity contribution in [1.82, 2.24) is 0 Å². The SMILES string of the molecule is C1=CCC2CCC([SiH2]C3CCC4CC=CC=C43)C2=C1. The van der Waals surface area contributed by atoms with Gasteiger partial charge in [0.05, 0.1) is 0 Å². The lowest BCUT2D eigenvalue weighted by molar-refractivity contribution is 0.633. The van der Waals surface area contributed by atoms with Gasteiger partial charge < -0.3 is 0 Å². The molecule has 0 saturated heterocycles. The number of allylic oxidation sites excluding steroid dienone is 8. The molecule has 0 nitrogen and oxygen atoms in total. The zero-order chi connectivity index (χ0) is 12.7. The van der Waals surface area contributed by atoms with Crippen LogP contribution < -0.4 is 0 Å². The highest BCUT2D eigenvalue weighted by Crippen LogP contribution is 2.50. The van der Waals surface area contributed by atoms with Crippen LogP contribution in [0.25, 0.3) is 0 Å². The molecule has 0 aromatic heterocycles. The number of fused-ring (bicyclic) bond motifs is 2. The molecule has 0 aliphatic heterocycles. The van der Waals surface area contributed by atoms with E-state index >= 15 is 0 Å². The molecule has 0 N–H and O–H groups in total. The van der Waals surface area contributed by atoms with Gasteiger partial charge in [0.2, 0.25) is 0 Å². The second-order valence-electron chi connectivity index (χ2n) is 6.84. The Balaban J connectivity index is 1.50. The molecule has 0 radical (unpaired) electrons. The molecule has 0 heterocycles. The van der Waals surface area contributed by atoms with Crippen LogP contribution in [0.15, 0.2) is 47.6 Å². The molecule has 2 saturated carbocycles. The third-order valence-electron chi connectivity index (χ3n) is 5.87. The van der Waals surface area contributed by atoms with Crippen LogP contribution in [0.4, 0.5) is 0 Å². The van der Waals surface area contributed by atoms with Crippen molar-refractivity contribution in [3.63, 3.8) is 0 Å². The smallest absolute Gasteiger partial charge is 0.0365 e. The van der Waals surface area contributed by atoms with Gasteiger partial charge in [0.25, 0.3) is 0 Å². The standard InChI is InChI=1S/C18H24Si/c1-3-7-15-13(5-1)9-11-17(15)19-18-12-10-14-6-2-4-8-16(14)18/h1-4,7-8,13-14,17-18H,5-6,9-12,19H2. The third-order valence-corrected chi connectivity index (χ3v) is 8.77. The molecule has 4 unspecified atom stereocenters.